The normalized spacial score (nSPS) is 18.1. The zero-order chi connectivity index (χ0) is 25.7. The van der Waals surface area contributed by atoms with E-state index in [1.165, 1.54) is 35.4 Å². The molecule has 36 heavy (non-hydrogen) atoms. The molecule has 1 aliphatic rings. The molecular weight excluding hydrogens is 464 g/mol. The quantitative estimate of drug-likeness (QED) is 0.223. The second-order valence-corrected chi connectivity index (χ2v) is 9.57. The Labute approximate surface area is 210 Å². The van der Waals surface area contributed by atoms with E-state index in [0.29, 0.717) is 11.5 Å². The SMILES string of the molecule is CCOc1ccc(-c2ccc(C3CCC(/C=C/CCc4ccc(C)cc4)CC3)c(F)c2F)c(F)c1F. The van der Waals surface area contributed by atoms with E-state index in [1.54, 1.807) is 6.92 Å². The Balaban J connectivity index is 1.38. The number of benzene rings is 3. The van der Waals surface area contributed by atoms with Gasteiger partial charge in [0.25, 0.3) is 0 Å². The average molecular weight is 497 g/mol. The highest BCUT2D eigenvalue weighted by molar-refractivity contribution is 5.66. The van der Waals surface area contributed by atoms with Gasteiger partial charge in [-0.15, -0.1) is 0 Å². The summed E-state index contributed by atoms with van der Waals surface area (Å²) in [6.45, 7) is 3.89. The van der Waals surface area contributed by atoms with Gasteiger partial charge in [0.1, 0.15) is 0 Å². The summed E-state index contributed by atoms with van der Waals surface area (Å²) in [6, 6.07) is 13.9. The predicted octanol–water partition coefficient (Wildman–Crippen LogP) is 9.08. The predicted molar refractivity (Wildman–Crippen MR) is 136 cm³/mol. The van der Waals surface area contributed by atoms with Crippen LogP contribution in [0.1, 0.15) is 61.6 Å². The summed E-state index contributed by atoms with van der Waals surface area (Å²) in [4.78, 5) is 0. The highest BCUT2D eigenvalue weighted by atomic mass is 19.2. The first-order valence-electron chi connectivity index (χ1n) is 12.7. The third-order valence-electron chi connectivity index (χ3n) is 7.09. The van der Waals surface area contributed by atoms with Crippen LogP contribution < -0.4 is 4.74 Å². The lowest BCUT2D eigenvalue weighted by Crippen LogP contribution is -2.14. The van der Waals surface area contributed by atoms with Gasteiger partial charge in [0.2, 0.25) is 5.82 Å². The van der Waals surface area contributed by atoms with Gasteiger partial charge in [-0.1, -0.05) is 54.1 Å². The van der Waals surface area contributed by atoms with Crippen molar-refractivity contribution in [1.82, 2.24) is 0 Å². The van der Waals surface area contributed by atoms with Crippen LogP contribution in [0.15, 0.2) is 60.7 Å². The summed E-state index contributed by atoms with van der Waals surface area (Å²) < 4.78 is 63.9. The second-order valence-electron chi connectivity index (χ2n) is 9.57. The number of halogens is 4. The van der Waals surface area contributed by atoms with Crippen LogP contribution in [0, 0.1) is 36.1 Å². The summed E-state index contributed by atoms with van der Waals surface area (Å²) in [7, 11) is 0. The summed E-state index contributed by atoms with van der Waals surface area (Å²) in [5.74, 6) is -4.48. The van der Waals surface area contributed by atoms with E-state index in [1.807, 2.05) is 0 Å². The number of aryl methyl sites for hydroxylation is 2. The Morgan fingerprint density at radius 2 is 1.42 bits per heavy atom. The molecule has 0 radical (unpaired) electrons. The summed E-state index contributed by atoms with van der Waals surface area (Å²) in [6.07, 6.45) is 9.80. The first-order chi connectivity index (χ1) is 17.4. The minimum absolute atomic E-state index is 0.0901. The molecule has 0 heterocycles. The highest BCUT2D eigenvalue weighted by Gasteiger charge is 2.27. The number of hydrogen-bond donors (Lipinski definition) is 0. The molecule has 4 rings (SSSR count). The fraction of sp³-hybridized carbons (Fsp3) is 0.355. The van der Waals surface area contributed by atoms with Gasteiger partial charge in [0.05, 0.1) is 6.61 Å². The van der Waals surface area contributed by atoms with Crippen molar-refractivity contribution in [2.24, 2.45) is 5.92 Å². The third kappa shape index (κ3) is 5.83. The van der Waals surface area contributed by atoms with Crippen LogP contribution in [-0.4, -0.2) is 6.61 Å². The van der Waals surface area contributed by atoms with Crippen molar-refractivity contribution in [1.29, 1.82) is 0 Å². The lowest BCUT2D eigenvalue weighted by atomic mass is 9.78. The standard InChI is InChI=1S/C31H32F4O/c1-3-36-27-19-18-26(30(34)31(27)35)25-17-16-24(28(32)29(25)33)23-14-12-22(13-15-23)7-5-4-6-21-10-8-20(2)9-11-21/h5,7-11,16-19,22-23H,3-4,6,12-15H2,1-2H3/b7-5+. The minimum atomic E-state index is -1.25. The van der Waals surface area contributed by atoms with Crippen LogP contribution in [0.2, 0.25) is 0 Å². The van der Waals surface area contributed by atoms with Crippen LogP contribution in [0.4, 0.5) is 17.6 Å². The molecule has 5 heteroatoms. The highest BCUT2D eigenvalue weighted by Crippen LogP contribution is 2.40. The molecule has 0 aromatic heterocycles. The van der Waals surface area contributed by atoms with Gasteiger partial charge in [-0.3, -0.25) is 0 Å². The third-order valence-corrected chi connectivity index (χ3v) is 7.09. The first-order valence-corrected chi connectivity index (χ1v) is 12.7. The van der Waals surface area contributed by atoms with E-state index < -0.39 is 23.3 Å². The maximum atomic E-state index is 15.1. The maximum Gasteiger partial charge on any atom is 0.201 e. The molecule has 0 unspecified atom stereocenters. The van der Waals surface area contributed by atoms with Crippen molar-refractivity contribution >= 4 is 0 Å². The Morgan fingerprint density at radius 3 is 2.08 bits per heavy atom. The molecule has 0 amide bonds. The van der Waals surface area contributed by atoms with E-state index in [2.05, 4.69) is 43.3 Å². The van der Waals surface area contributed by atoms with Gasteiger partial charge in [-0.25, -0.2) is 13.2 Å². The summed E-state index contributed by atoms with van der Waals surface area (Å²) in [5, 5.41) is 0. The van der Waals surface area contributed by atoms with Crippen molar-refractivity contribution < 1.29 is 22.3 Å². The molecule has 1 fully saturated rings. The molecule has 0 bridgehead atoms. The minimum Gasteiger partial charge on any atom is -0.491 e. The van der Waals surface area contributed by atoms with E-state index in [4.69, 9.17) is 4.74 Å². The van der Waals surface area contributed by atoms with Crippen molar-refractivity contribution in [2.75, 3.05) is 6.61 Å². The second kappa shape index (κ2) is 11.8. The molecular formula is C31H32F4O. The van der Waals surface area contributed by atoms with E-state index >= 15 is 8.78 Å². The smallest absolute Gasteiger partial charge is 0.201 e. The van der Waals surface area contributed by atoms with E-state index in [0.717, 1.165) is 38.5 Å². The Morgan fingerprint density at radius 1 is 0.778 bits per heavy atom. The van der Waals surface area contributed by atoms with Gasteiger partial charge >= 0.3 is 0 Å². The Bertz CT molecular complexity index is 1210. The Hall–Kier alpha value is -3.08. The number of rotatable bonds is 8. The molecule has 0 aliphatic heterocycles. The van der Waals surface area contributed by atoms with Gasteiger partial charge in [-0.2, -0.15) is 4.39 Å². The first kappa shape index (κ1) is 26.0. The molecule has 3 aromatic rings. The molecule has 0 spiro atoms. The molecule has 1 nitrogen and oxygen atoms in total. The summed E-state index contributed by atoms with van der Waals surface area (Å²) >= 11 is 0. The monoisotopic (exact) mass is 496 g/mol. The molecule has 1 saturated carbocycles. The molecule has 3 aromatic carbocycles. The number of allylic oxidation sites excluding steroid dienone is 2. The van der Waals surface area contributed by atoms with Crippen molar-refractivity contribution in [3.63, 3.8) is 0 Å². The zero-order valence-electron chi connectivity index (χ0n) is 20.8. The summed E-state index contributed by atoms with van der Waals surface area (Å²) in [5.41, 5.74) is 2.28. The molecule has 0 N–H and O–H groups in total. The van der Waals surface area contributed by atoms with E-state index in [-0.39, 0.29) is 29.4 Å². The van der Waals surface area contributed by atoms with Crippen LogP contribution in [0.3, 0.4) is 0 Å². The molecule has 190 valence electrons. The fourth-order valence-corrected chi connectivity index (χ4v) is 5.01. The van der Waals surface area contributed by atoms with Gasteiger partial charge < -0.3 is 4.74 Å². The average Bonchev–Trinajstić information content (AvgIpc) is 2.88. The van der Waals surface area contributed by atoms with Crippen molar-refractivity contribution in [3.8, 4) is 16.9 Å². The zero-order valence-corrected chi connectivity index (χ0v) is 20.8. The van der Waals surface area contributed by atoms with Crippen molar-refractivity contribution in [3.05, 3.63) is 101 Å². The van der Waals surface area contributed by atoms with Crippen LogP contribution in [0.25, 0.3) is 11.1 Å². The van der Waals surface area contributed by atoms with Crippen LogP contribution in [-0.2, 0) is 6.42 Å². The molecule has 0 atom stereocenters. The lowest BCUT2D eigenvalue weighted by molar-refractivity contribution is 0.314. The topological polar surface area (TPSA) is 9.23 Å². The van der Waals surface area contributed by atoms with Gasteiger partial charge in [0.15, 0.2) is 23.2 Å². The number of ether oxygens (including phenoxy) is 1. The van der Waals surface area contributed by atoms with Crippen LogP contribution in [0.5, 0.6) is 5.75 Å². The van der Waals surface area contributed by atoms with E-state index in [9.17, 15) is 8.78 Å². The molecule has 1 aliphatic carbocycles. The van der Waals surface area contributed by atoms with Crippen molar-refractivity contribution in [2.45, 2.75) is 58.3 Å². The van der Waals surface area contributed by atoms with Crippen LogP contribution >= 0.6 is 0 Å². The van der Waals surface area contributed by atoms with Gasteiger partial charge in [-0.05, 0) is 87.5 Å². The maximum absolute atomic E-state index is 15.1. The lowest BCUT2D eigenvalue weighted by Gasteiger charge is -2.27. The Kier molecular flexibility index (Phi) is 8.50. The van der Waals surface area contributed by atoms with Gasteiger partial charge in [0, 0.05) is 11.1 Å². The largest absolute Gasteiger partial charge is 0.491 e. The number of hydrogen-bond acceptors (Lipinski definition) is 1. The fourth-order valence-electron chi connectivity index (χ4n) is 5.01. The molecule has 0 saturated heterocycles.